The van der Waals surface area contributed by atoms with Crippen molar-refractivity contribution in [3.05, 3.63) is 88.2 Å². The van der Waals surface area contributed by atoms with Crippen LogP contribution in [-0.2, 0) is 6.61 Å². The highest BCUT2D eigenvalue weighted by molar-refractivity contribution is 5.86. The minimum atomic E-state index is -0.370. The van der Waals surface area contributed by atoms with Gasteiger partial charge in [0.2, 0.25) is 0 Å². The van der Waals surface area contributed by atoms with Crippen LogP contribution in [0.25, 0.3) is 16.3 Å². The average Bonchev–Trinajstić information content (AvgIpc) is 2.70. The second-order valence-corrected chi connectivity index (χ2v) is 6.60. The molecule has 0 radical (unpaired) electrons. The maximum Gasteiger partial charge on any atom is 0.272 e. The summed E-state index contributed by atoms with van der Waals surface area (Å²) in [6.07, 6.45) is 4.02. The van der Waals surface area contributed by atoms with Crippen LogP contribution in [0.2, 0.25) is 0 Å². The summed E-state index contributed by atoms with van der Waals surface area (Å²) in [6.45, 7) is 1.99. The first-order valence-electron chi connectivity index (χ1n) is 8.83. The van der Waals surface area contributed by atoms with Crippen molar-refractivity contribution < 1.29 is 18.8 Å². The summed E-state index contributed by atoms with van der Waals surface area (Å²) in [6, 6.07) is 16.9. The minimum Gasteiger partial charge on any atom is -0.490 e. The van der Waals surface area contributed by atoms with Gasteiger partial charge in [0.15, 0.2) is 18.1 Å². The number of aromatic nitrogens is 1. The number of ether oxygens (including phenoxy) is 2. The smallest absolute Gasteiger partial charge is 0.272 e. The summed E-state index contributed by atoms with van der Waals surface area (Å²) in [4.78, 5) is 10.7. The van der Waals surface area contributed by atoms with Crippen molar-refractivity contribution in [2.24, 2.45) is 0 Å². The second kappa shape index (κ2) is 7.15. The van der Waals surface area contributed by atoms with E-state index >= 15 is 0 Å². The third kappa shape index (κ3) is 3.32. The van der Waals surface area contributed by atoms with E-state index < -0.39 is 0 Å². The van der Waals surface area contributed by atoms with Gasteiger partial charge in [0.25, 0.3) is 11.2 Å². The number of methoxy groups -OCH3 is 1. The van der Waals surface area contributed by atoms with Crippen LogP contribution in [0, 0.1) is 17.0 Å². The Balaban J connectivity index is 1.63. The van der Waals surface area contributed by atoms with Gasteiger partial charge >= 0.3 is 0 Å². The van der Waals surface area contributed by atoms with E-state index in [2.05, 4.69) is 6.07 Å². The van der Waals surface area contributed by atoms with Crippen molar-refractivity contribution in [1.82, 2.24) is 0 Å². The zero-order chi connectivity index (χ0) is 19.7. The number of nitro benzene ring substituents is 1. The van der Waals surface area contributed by atoms with Crippen molar-refractivity contribution in [3.8, 4) is 11.5 Å². The standard InChI is InChI=1S/C22H19N2O4/c1-15-5-6-16(10-20(15)24(25)26)14-28-19-8-7-17-13-23-9-3-4-22(27-2)21(23)12-18(17)11-19/h3-13H,14H2,1-2H3/q+1. The highest BCUT2D eigenvalue weighted by atomic mass is 16.6. The van der Waals surface area contributed by atoms with Gasteiger partial charge in [0.1, 0.15) is 12.4 Å². The number of rotatable bonds is 5. The van der Waals surface area contributed by atoms with E-state index in [-0.39, 0.29) is 17.2 Å². The molecule has 2 aromatic carbocycles. The van der Waals surface area contributed by atoms with E-state index in [9.17, 15) is 10.1 Å². The van der Waals surface area contributed by atoms with Crippen LogP contribution in [0.5, 0.6) is 11.5 Å². The fourth-order valence-corrected chi connectivity index (χ4v) is 3.24. The molecule has 6 nitrogen and oxygen atoms in total. The maximum atomic E-state index is 11.1. The van der Waals surface area contributed by atoms with Gasteiger partial charge in [-0.15, -0.1) is 0 Å². The first-order chi connectivity index (χ1) is 13.5. The molecular weight excluding hydrogens is 356 g/mol. The van der Waals surface area contributed by atoms with Crippen LogP contribution in [0.15, 0.2) is 67.0 Å². The number of hydrogen-bond acceptors (Lipinski definition) is 4. The first-order valence-corrected chi connectivity index (χ1v) is 8.83. The lowest BCUT2D eigenvalue weighted by molar-refractivity contribution is -0.510. The second-order valence-electron chi connectivity index (χ2n) is 6.60. The predicted octanol–water partition coefficient (Wildman–Crippen LogP) is 4.38. The summed E-state index contributed by atoms with van der Waals surface area (Å²) >= 11 is 0. The largest absolute Gasteiger partial charge is 0.490 e. The van der Waals surface area contributed by atoms with Crippen LogP contribution < -0.4 is 13.9 Å². The molecule has 28 heavy (non-hydrogen) atoms. The molecule has 0 aliphatic heterocycles. The van der Waals surface area contributed by atoms with Crippen LogP contribution in [0.1, 0.15) is 11.1 Å². The van der Waals surface area contributed by atoms with Crippen molar-refractivity contribution in [3.63, 3.8) is 0 Å². The highest BCUT2D eigenvalue weighted by Gasteiger charge is 2.13. The van der Waals surface area contributed by atoms with Crippen LogP contribution in [-0.4, -0.2) is 12.0 Å². The van der Waals surface area contributed by atoms with E-state index in [1.807, 2.05) is 53.2 Å². The Labute approximate surface area is 161 Å². The molecule has 0 fully saturated rings. The van der Waals surface area contributed by atoms with Gasteiger partial charge in [-0.1, -0.05) is 12.1 Å². The summed E-state index contributed by atoms with van der Waals surface area (Å²) in [5.74, 6) is 1.50. The van der Waals surface area contributed by atoms with E-state index in [1.54, 1.807) is 26.2 Å². The summed E-state index contributed by atoms with van der Waals surface area (Å²) < 4.78 is 13.3. The molecular formula is C22H19N2O4+. The molecule has 0 aliphatic rings. The third-order valence-electron chi connectivity index (χ3n) is 4.75. The molecule has 0 saturated heterocycles. The fraction of sp³-hybridized carbons (Fsp3) is 0.136. The monoisotopic (exact) mass is 375 g/mol. The van der Waals surface area contributed by atoms with E-state index in [0.717, 1.165) is 27.6 Å². The van der Waals surface area contributed by atoms with Crippen LogP contribution in [0.4, 0.5) is 5.69 Å². The average molecular weight is 375 g/mol. The Morgan fingerprint density at radius 2 is 1.93 bits per heavy atom. The molecule has 4 aromatic rings. The lowest BCUT2D eigenvalue weighted by atomic mass is 10.1. The lowest BCUT2D eigenvalue weighted by Crippen LogP contribution is -2.20. The van der Waals surface area contributed by atoms with Crippen molar-refractivity contribution in [2.75, 3.05) is 7.11 Å². The van der Waals surface area contributed by atoms with Gasteiger partial charge in [-0.2, -0.15) is 4.40 Å². The normalized spacial score (nSPS) is 10.9. The molecule has 0 saturated carbocycles. The SMILES string of the molecule is COc1ccc[n+]2cc3ccc(OCc4ccc(C)c([N+](=O)[O-])c4)cc3cc12. The number of aryl methyl sites for hydroxylation is 1. The molecule has 0 atom stereocenters. The maximum absolute atomic E-state index is 11.1. The fourth-order valence-electron chi connectivity index (χ4n) is 3.24. The van der Waals surface area contributed by atoms with E-state index in [4.69, 9.17) is 9.47 Å². The Hall–Kier alpha value is -3.67. The van der Waals surface area contributed by atoms with Gasteiger partial charge in [-0.05, 0) is 42.1 Å². The molecule has 2 heterocycles. The minimum absolute atomic E-state index is 0.107. The first kappa shape index (κ1) is 17.7. The van der Waals surface area contributed by atoms with Gasteiger partial charge in [0, 0.05) is 29.1 Å². The van der Waals surface area contributed by atoms with Crippen LogP contribution in [0.3, 0.4) is 0 Å². The highest BCUT2D eigenvalue weighted by Crippen LogP contribution is 2.25. The number of fused-ring (bicyclic) bond motifs is 2. The molecule has 0 bridgehead atoms. The number of hydrogen-bond donors (Lipinski definition) is 0. The Kier molecular flexibility index (Phi) is 4.53. The molecule has 0 unspecified atom stereocenters. The van der Waals surface area contributed by atoms with Crippen molar-refractivity contribution in [2.45, 2.75) is 13.5 Å². The Morgan fingerprint density at radius 3 is 2.71 bits per heavy atom. The third-order valence-corrected chi connectivity index (χ3v) is 4.75. The van der Waals surface area contributed by atoms with Crippen LogP contribution >= 0.6 is 0 Å². The molecule has 140 valence electrons. The van der Waals surface area contributed by atoms with Gasteiger partial charge in [-0.25, -0.2) is 0 Å². The quantitative estimate of drug-likeness (QED) is 0.225. The predicted molar refractivity (Wildman–Crippen MR) is 106 cm³/mol. The van der Waals surface area contributed by atoms with E-state index in [0.29, 0.717) is 11.3 Å². The molecule has 0 N–H and O–H groups in total. The lowest BCUT2D eigenvalue weighted by Gasteiger charge is -2.08. The van der Waals surface area contributed by atoms with Gasteiger partial charge < -0.3 is 9.47 Å². The topological polar surface area (TPSA) is 65.7 Å². The van der Waals surface area contributed by atoms with Crippen molar-refractivity contribution in [1.29, 1.82) is 0 Å². The number of benzene rings is 2. The summed E-state index contributed by atoms with van der Waals surface area (Å²) in [5, 5.41) is 13.2. The Morgan fingerprint density at radius 1 is 1.07 bits per heavy atom. The summed E-state index contributed by atoms with van der Waals surface area (Å²) in [5.41, 5.74) is 2.46. The van der Waals surface area contributed by atoms with Gasteiger partial charge in [-0.3, -0.25) is 10.1 Å². The number of nitro groups is 1. The molecule has 0 amide bonds. The molecule has 0 spiro atoms. The van der Waals surface area contributed by atoms with E-state index in [1.165, 1.54) is 0 Å². The number of nitrogens with zero attached hydrogens (tertiary/aromatic N) is 2. The zero-order valence-corrected chi connectivity index (χ0v) is 15.6. The van der Waals surface area contributed by atoms with Crippen molar-refractivity contribution >= 4 is 22.0 Å². The van der Waals surface area contributed by atoms with Gasteiger partial charge in [0.05, 0.1) is 12.0 Å². The molecule has 2 aromatic heterocycles. The number of pyridine rings is 2. The molecule has 4 rings (SSSR count). The molecule has 6 heteroatoms. The summed E-state index contributed by atoms with van der Waals surface area (Å²) in [7, 11) is 1.65. The molecule has 0 aliphatic carbocycles. The zero-order valence-electron chi connectivity index (χ0n) is 15.6. The Bertz CT molecular complexity index is 1200.